The molecule has 5 aliphatic rings. The van der Waals surface area contributed by atoms with Crippen molar-refractivity contribution in [1.82, 2.24) is 4.98 Å². The number of H-pyrrole nitrogens is 1. The number of benzene rings is 1. The smallest absolute Gasteiger partial charge is 0.357 e. The molecule has 1 unspecified atom stereocenters. The summed E-state index contributed by atoms with van der Waals surface area (Å²) in [5.41, 5.74) is 0.541. The lowest BCUT2D eigenvalue weighted by Crippen LogP contribution is -2.70. The topological polar surface area (TPSA) is 88.2 Å². The Bertz CT molecular complexity index is 1080. The van der Waals surface area contributed by atoms with Crippen LogP contribution in [0.15, 0.2) is 24.3 Å². The van der Waals surface area contributed by atoms with Crippen LogP contribution in [-0.2, 0) is 24.0 Å². The summed E-state index contributed by atoms with van der Waals surface area (Å²) in [6.07, 6.45) is 2.37. The van der Waals surface area contributed by atoms with Crippen LogP contribution in [0, 0.1) is 23.7 Å². The third kappa shape index (κ3) is 3.15. The Hall–Kier alpha value is -2.13. The summed E-state index contributed by atoms with van der Waals surface area (Å²) in [4.78, 5) is 28.2. The van der Waals surface area contributed by atoms with Crippen LogP contribution in [0.2, 0.25) is 0 Å². The molecular formula is C25H31NO7. The van der Waals surface area contributed by atoms with Gasteiger partial charge in [-0.15, -0.1) is 0 Å². The normalized spacial score (nSPS) is 41.9. The van der Waals surface area contributed by atoms with Gasteiger partial charge in [0.15, 0.2) is 11.9 Å². The van der Waals surface area contributed by atoms with Crippen molar-refractivity contribution in [2.45, 2.75) is 70.4 Å². The summed E-state index contributed by atoms with van der Waals surface area (Å²) in [6.45, 7) is 6.23. The van der Waals surface area contributed by atoms with E-state index >= 15 is 0 Å². The molecule has 8 heteroatoms. The molecular weight excluding hydrogens is 426 g/mol. The number of ether oxygens (including phenoxy) is 4. The molecule has 2 bridgehead atoms. The Balaban J connectivity index is 1.28. The van der Waals surface area contributed by atoms with Crippen LogP contribution >= 0.6 is 0 Å². The third-order valence-corrected chi connectivity index (χ3v) is 8.37. The number of esters is 1. The Morgan fingerprint density at radius 1 is 1.12 bits per heavy atom. The molecule has 33 heavy (non-hydrogen) atoms. The Morgan fingerprint density at radius 3 is 2.79 bits per heavy atom. The summed E-state index contributed by atoms with van der Waals surface area (Å²) < 4.78 is 23.9. The van der Waals surface area contributed by atoms with Crippen LogP contribution in [0.25, 0.3) is 10.9 Å². The maximum Gasteiger partial charge on any atom is 0.357 e. The van der Waals surface area contributed by atoms with Gasteiger partial charge in [-0.2, -0.15) is 0 Å². The summed E-state index contributed by atoms with van der Waals surface area (Å²) in [5, 5.41) is 0.879. The lowest BCUT2D eigenvalue weighted by molar-refractivity contribution is -0.576. The number of hydrogen-bond acceptors (Lipinski definition) is 7. The number of aromatic nitrogens is 1. The van der Waals surface area contributed by atoms with Crippen LogP contribution in [0.1, 0.15) is 56.9 Å². The van der Waals surface area contributed by atoms with Crippen molar-refractivity contribution < 1.29 is 33.5 Å². The van der Waals surface area contributed by atoms with Gasteiger partial charge in [0.1, 0.15) is 11.4 Å². The highest BCUT2D eigenvalue weighted by Crippen LogP contribution is 2.60. The van der Waals surface area contributed by atoms with Crippen LogP contribution in [0.5, 0.6) is 5.75 Å². The maximum atomic E-state index is 13.1. The van der Waals surface area contributed by atoms with E-state index in [1.165, 1.54) is 0 Å². The van der Waals surface area contributed by atoms with Gasteiger partial charge >= 0.3 is 5.97 Å². The zero-order chi connectivity index (χ0) is 23.0. The number of fused-ring (bicyclic) bond motifs is 3. The highest BCUT2D eigenvalue weighted by atomic mass is 17.3. The van der Waals surface area contributed by atoms with E-state index in [0.29, 0.717) is 11.6 Å². The minimum atomic E-state index is -0.858. The molecule has 4 saturated heterocycles. The summed E-state index contributed by atoms with van der Waals surface area (Å²) in [5.74, 6) is 0.199. The van der Waals surface area contributed by atoms with Gasteiger partial charge in [0.2, 0.25) is 12.1 Å². The van der Waals surface area contributed by atoms with Crippen molar-refractivity contribution in [3.8, 4) is 5.75 Å². The van der Waals surface area contributed by atoms with Gasteiger partial charge in [-0.25, -0.2) is 14.6 Å². The Labute approximate surface area is 192 Å². The predicted molar refractivity (Wildman–Crippen MR) is 117 cm³/mol. The fraction of sp³-hybridized carbons (Fsp3) is 0.640. The fourth-order valence-corrected chi connectivity index (χ4v) is 6.52. The standard InChI is InChI=1S/C25H31NO7/c1-13-5-7-18-14(2)22(30-23-25(18)17(13)9-10-24(3,31-23)32-33-25)29-21(27)20-12-15-11-16(28-4)6-8-19(15)26-20/h6,8,11-14,17-18,22-23,26H,5,7,9-10H2,1-4H3/t13-,14-,17+,18+,22?,23-,24-,25-/m1/s1. The largest absolute Gasteiger partial charge is 0.497 e. The molecule has 1 N–H and O–H groups in total. The molecule has 1 spiro atoms. The maximum absolute atomic E-state index is 13.1. The van der Waals surface area contributed by atoms with Gasteiger partial charge in [-0.3, -0.25) is 0 Å². The first-order valence-corrected chi connectivity index (χ1v) is 11.9. The van der Waals surface area contributed by atoms with Gasteiger partial charge in [-0.05, 0) is 62.3 Å². The average Bonchev–Trinajstić information content (AvgIpc) is 3.10. The first-order valence-electron chi connectivity index (χ1n) is 11.9. The van der Waals surface area contributed by atoms with E-state index in [1.54, 1.807) is 13.2 Å². The summed E-state index contributed by atoms with van der Waals surface area (Å²) in [6, 6.07) is 7.38. The number of carbonyl (C=O) groups excluding carboxylic acids is 1. The van der Waals surface area contributed by atoms with Gasteiger partial charge in [0.05, 0.1) is 7.11 Å². The fourth-order valence-electron chi connectivity index (χ4n) is 6.52. The zero-order valence-corrected chi connectivity index (χ0v) is 19.5. The van der Waals surface area contributed by atoms with Crippen molar-refractivity contribution in [3.05, 3.63) is 30.0 Å². The van der Waals surface area contributed by atoms with Gasteiger partial charge in [0, 0.05) is 29.2 Å². The highest BCUT2D eigenvalue weighted by Gasteiger charge is 2.69. The number of nitrogens with one attached hydrogen (secondary N) is 1. The van der Waals surface area contributed by atoms with Crippen molar-refractivity contribution in [2.24, 2.45) is 23.7 Å². The van der Waals surface area contributed by atoms with Crippen molar-refractivity contribution >= 4 is 16.9 Å². The van der Waals surface area contributed by atoms with Crippen LogP contribution in [0.4, 0.5) is 0 Å². The molecule has 1 saturated carbocycles. The van der Waals surface area contributed by atoms with Crippen molar-refractivity contribution in [1.29, 1.82) is 0 Å². The molecule has 5 fully saturated rings. The average molecular weight is 458 g/mol. The van der Waals surface area contributed by atoms with Gasteiger partial charge < -0.3 is 23.9 Å². The summed E-state index contributed by atoms with van der Waals surface area (Å²) >= 11 is 0. The van der Waals surface area contributed by atoms with E-state index < -0.39 is 29.9 Å². The number of methoxy groups -OCH3 is 1. The lowest BCUT2D eigenvalue weighted by atomic mass is 9.58. The molecule has 7 rings (SSSR count). The molecule has 2 aromatic rings. The summed E-state index contributed by atoms with van der Waals surface area (Å²) in [7, 11) is 1.62. The van der Waals surface area contributed by atoms with Crippen molar-refractivity contribution in [3.63, 3.8) is 0 Å². The second kappa shape index (κ2) is 7.43. The first-order chi connectivity index (χ1) is 15.8. The monoisotopic (exact) mass is 457 g/mol. The van der Waals surface area contributed by atoms with E-state index in [4.69, 9.17) is 28.7 Å². The van der Waals surface area contributed by atoms with E-state index in [9.17, 15) is 4.79 Å². The Morgan fingerprint density at radius 2 is 1.97 bits per heavy atom. The van der Waals surface area contributed by atoms with Crippen LogP contribution < -0.4 is 4.74 Å². The second-order valence-electron chi connectivity index (χ2n) is 10.3. The molecule has 0 amide bonds. The molecule has 5 heterocycles. The number of carbonyl (C=O) groups is 1. The van der Waals surface area contributed by atoms with E-state index in [1.807, 2.05) is 25.1 Å². The minimum absolute atomic E-state index is 0.0701. The molecule has 0 radical (unpaired) electrons. The number of hydrogen-bond donors (Lipinski definition) is 1. The van der Waals surface area contributed by atoms with E-state index in [0.717, 1.165) is 42.3 Å². The molecule has 1 aromatic heterocycles. The molecule has 8 nitrogen and oxygen atoms in total. The molecule has 178 valence electrons. The number of rotatable bonds is 3. The predicted octanol–water partition coefficient (Wildman–Crippen LogP) is 4.54. The minimum Gasteiger partial charge on any atom is -0.497 e. The third-order valence-electron chi connectivity index (χ3n) is 8.37. The van der Waals surface area contributed by atoms with E-state index in [-0.39, 0.29) is 17.8 Å². The SMILES string of the molecule is COc1ccc2[nH]c(C(=O)OC3O[C@@H]4O[C@@]5(C)CC[C@H]6[C@H](C)CC[C@@H]([C@H]3C)[C@@]46OO5)cc2c1. The molecule has 4 aliphatic heterocycles. The van der Waals surface area contributed by atoms with Crippen LogP contribution in [-0.4, -0.2) is 42.0 Å². The number of aromatic amines is 1. The van der Waals surface area contributed by atoms with Crippen molar-refractivity contribution in [2.75, 3.05) is 7.11 Å². The first kappa shape index (κ1) is 21.4. The Kier molecular flexibility index (Phi) is 4.82. The van der Waals surface area contributed by atoms with Crippen LogP contribution in [0.3, 0.4) is 0 Å². The second-order valence-corrected chi connectivity index (χ2v) is 10.3. The zero-order valence-electron chi connectivity index (χ0n) is 19.5. The lowest BCUT2D eigenvalue weighted by Gasteiger charge is -2.59. The highest BCUT2D eigenvalue weighted by molar-refractivity contribution is 5.95. The molecule has 1 aliphatic carbocycles. The molecule has 1 aromatic carbocycles. The van der Waals surface area contributed by atoms with Gasteiger partial charge in [-0.1, -0.05) is 13.8 Å². The van der Waals surface area contributed by atoms with E-state index in [2.05, 4.69) is 18.8 Å². The molecule has 8 atom stereocenters. The quantitative estimate of drug-likeness (QED) is 0.535. The van der Waals surface area contributed by atoms with Gasteiger partial charge in [0.25, 0.3) is 0 Å².